The van der Waals surface area contributed by atoms with E-state index in [1.54, 1.807) is 29.2 Å². The van der Waals surface area contributed by atoms with Gasteiger partial charge in [-0.25, -0.2) is 4.68 Å². The summed E-state index contributed by atoms with van der Waals surface area (Å²) < 4.78 is 7.16. The van der Waals surface area contributed by atoms with Crippen molar-refractivity contribution < 1.29 is 14.3 Å². The molecule has 2 aromatic carbocycles. The molecule has 0 spiro atoms. The Hall–Kier alpha value is -3.55. The number of amides is 1. The number of nitrogens with zero attached hydrogens (tertiary/aromatic N) is 5. The molecule has 2 heterocycles. The molecule has 1 atom stereocenters. The highest BCUT2D eigenvalue weighted by molar-refractivity contribution is 5.98. The van der Waals surface area contributed by atoms with E-state index in [-0.39, 0.29) is 24.2 Å². The molecule has 0 bridgehead atoms. The number of hydrogen-bond donors (Lipinski definition) is 0. The largest absolute Gasteiger partial charge is 0.457 e. The van der Waals surface area contributed by atoms with Gasteiger partial charge < -0.3 is 9.64 Å². The predicted octanol–water partition coefficient (Wildman–Crippen LogP) is 2.59. The number of carbonyl (C=O) groups is 2. The second-order valence-corrected chi connectivity index (χ2v) is 6.99. The van der Waals surface area contributed by atoms with Crippen LogP contribution in [0.25, 0.3) is 0 Å². The van der Waals surface area contributed by atoms with Crippen molar-refractivity contribution >= 4 is 11.7 Å². The fraction of sp³-hybridized carbons (Fsp3) is 0.286. The molecule has 0 aliphatic carbocycles. The Bertz CT molecular complexity index is 958. The van der Waals surface area contributed by atoms with Gasteiger partial charge >= 0.3 is 0 Å². The Labute approximate surface area is 168 Å². The average molecular weight is 391 g/mol. The summed E-state index contributed by atoms with van der Waals surface area (Å²) in [6.45, 7) is 1.15. The number of likely N-dealkylation sites (tertiary alicyclic amines) is 1. The van der Waals surface area contributed by atoms with Crippen LogP contribution in [0.3, 0.4) is 0 Å². The summed E-state index contributed by atoms with van der Waals surface area (Å²) in [5.41, 5.74) is 0.630. The van der Waals surface area contributed by atoms with Gasteiger partial charge in [-0.05, 0) is 59.7 Å². The van der Waals surface area contributed by atoms with Gasteiger partial charge in [-0.1, -0.05) is 18.2 Å². The van der Waals surface area contributed by atoms with E-state index in [0.29, 0.717) is 24.4 Å². The fourth-order valence-electron chi connectivity index (χ4n) is 3.46. The standard InChI is InChI=1S/C21H21N5O3/c27-20(14-26-15-22-23-24-26)25-12-4-5-17(13-25)21(28)16-8-10-19(11-9-16)29-18-6-2-1-3-7-18/h1-3,6-11,15,17H,4-5,12-14H2. The lowest BCUT2D eigenvalue weighted by Crippen LogP contribution is -2.43. The number of para-hydroxylation sites is 1. The maximum atomic E-state index is 12.9. The number of rotatable bonds is 6. The smallest absolute Gasteiger partial charge is 0.244 e. The molecule has 1 aliphatic rings. The van der Waals surface area contributed by atoms with E-state index in [0.717, 1.165) is 18.6 Å². The Morgan fingerprint density at radius 2 is 1.79 bits per heavy atom. The molecule has 1 aromatic heterocycles. The molecule has 0 radical (unpaired) electrons. The summed E-state index contributed by atoms with van der Waals surface area (Å²) in [6, 6.07) is 16.6. The highest BCUT2D eigenvalue weighted by Crippen LogP contribution is 2.25. The van der Waals surface area contributed by atoms with Crippen LogP contribution in [0.15, 0.2) is 60.9 Å². The number of tetrazole rings is 1. The second-order valence-electron chi connectivity index (χ2n) is 6.99. The zero-order valence-corrected chi connectivity index (χ0v) is 15.8. The van der Waals surface area contributed by atoms with Gasteiger partial charge in [-0.3, -0.25) is 9.59 Å². The number of aromatic nitrogens is 4. The SMILES string of the molecule is O=C(c1ccc(Oc2ccccc2)cc1)C1CCCN(C(=O)Cn2cnnn2)C1. The van der Waals surface area contributed by atoms with Crippen molar-refractivity contribution in [2.75, 3.05) is 13.1 Å². The number of carbonyl (C=O) groups excluding carboxylic acids is 2. The Kier molecular flexibility index (Phi) is 5.60. The highest BCUT2D eigenvalue weighted by atomic mass is 16.5. The van der Waals surface area contributed by atoms with E-state index in [2.05, 4.69) is 15.5 Å². The lowest BCUT2D eigenvalue weighted by Gasteiger charge is -2.32. The maximum Gasteiger partial charge on any atom is 0.244 e. The minimum absolute atomic E-state index is 0.0520. The van der Waals surface area contributed by atoms with Crippen LogP contribution in [-0.2, 0) is 11.3 Å². The van der Waals surface area contributed by atoms with Crippen molar-refractivity contribution in [2.24, 2.45) is 5.92 Å². The molecular weight excluding hydrogens is 370 g/mol. The first-order chi connectivity index (χ1) is 14.2. The van der Waals surface area contributed by atoms with Crippen molar-refractivity contribution in [1.29, 1.82) is 0 Å². The van der Waals surface area contributed by atoms with Crippen LogP contribution in [-0.4, -0.2) is 49.9 Å². The van der Waals surface area contributed by atoms with Crippen LogP contribution < -0.4 is 4.74 Å². The van der Waals surface area contributed by atoms with Gasteiger partial charge in [0.2, 0.25) is 5.91 Å². The molecule has 3 aromatic rings. The van der Waals surface area contributed by atoms with Gasteiger partial charge in [0.05, 0.1) is 0 Å². The Morgan fingerprint density at radius 3 is 2.52 bits per heavy atom. The third-order valence-corrected chi connectivity index (χ3v) is 4.95. The van der Waals surface area contributed by atoms with Crippen LogP contribution in [0.1, 0.15) is 23.2 Å². The van der Waals surface area contributed by atoms with Crippen molar-refractivity contribution in [3.8, 4) is 11.5 Å². The Balaban J connectivity index is 1.37. The van der Waals surface area contributed by atoms with Gasteiger partial charge in [0.25, 0.3) is 0 Å². The summed E-state index contributed by atoms with van der Waals surface area (Å²) in [5, 5.41) is 10.8. The highest BCUT2D eigenvalue weighted by Gasteiger charge is 2.29. The molecule has 1 unspecified atom stereocenters. The first-order valence-corrected chi connectivity index (χ1v) is 9.55. The van der Waals surface area contributed by atoms with Crippen LogP contribution in [0, 0.1) is 5.92 Å². The van der Waals surface area contributed by atoms with E-state index < -0.39 is 0 Å². The summed E-state index contributed by atoms with van der Waals surface area (Å²) in [5.74, 6) is 1.19. The molecule has 29 heavy (non-hydrogen) atoms. The van der Waals surface area contributed by atoms with Gasteiger partial charge in [0.15, 0.2) is 5.78 Å². The first kappa shape index (κ1) is 18.8. The number of hydrogen-bond acceptors (Lipinski definition) is 6. The fourth-order valence-corrected chi connectivity index (χ4v) is 3.46. The Morgan fingerprint density at radius 1 is 1.03 bits per heavy atom. The molecular formula is C21H21N5O3. The number of benzene rings is 2. The van der Waals surface area contributed by atoms with Gasteiger partial charge in [-0.2, -0.15) is 0 Å². The lowest BCUT2D eigenvalue weighted by atomic mass is 9.90. The number of piperidine rings is 1. The summed E-state index contributed by atoms with van der Waals surface area (Å²) >= 11 is 0. The van der Waals surface area contributed by atoms with Crippen LogP contribution in [0.2, 0.25) is 0 Å². The van der Waals surface area contributed by atoms with Crippen molar-refractivity contribution in [1.82, 2.24) is 25.1 Å². The molecule has 8 nitrogen and oxygen atoms in total. The number of ketones is 1. The maximum absolute atomic E-state index is 12.9. The molecule has 1 aliphatic heterocycles. The van der Waals surface area contributed by atoms with Gasteiger partial charge in [-0.15, -0.1) is 5.10 Å². The van der Waals surface area contributed by atoms with Crippen molar-refractivity contribution in [2.45, 2.75) is 19.4 Å². The third kappa shape index (κ3) is 4.66. The van der Waals surface area contributed by atoms with E-state index in [1.807, 2.05) is 30.3 Å². The molecule has 1 fully saturated rings. The molecule has 1 amide bonds. The van der Waals surface area contributed by atoms with Crippen molar-refractivity contribution in [3.63, 3.8) is 0 Å². The average Bonchev–Trinajstić information content (AvgIpc) is 3.28. The molecule has 0 N–H and O–H groups in total. The zero-order valence-electron chi connectivity index (χ0n) is 15.8. The number of Topliss-reactive ketones (excluding diaryl/α,β-unsaturated/α-hetero) is 1. The van der Waals surface area contributed by atoms with E-state index in [4.69, 9.17) is 4.74 Å². The normalized spacial score (nSPS) is 16.4. The summed E-state index contributed by atoms with van der Waals surface area (Å²) in [4.78, 5) is 27.1. The second kappa shape index (κ2) is 8.64. The lowest BCUT2D eigenvalue weighted by molar-refractivity contribution is -0.133. The molecule has 4 rings (SSSR count). The topological polar surface area (TPSA) is 90.2 Å². The number of ether oxygens (including phenoxy) is 1. The quantitative estimate of drug-likeness (QED) is 0.600. The monoisotopic (exact) mass is 391 g/mol. The molecule has 148 valence electrons. The summed E-state index contributed by atoms with van der Waals surface area (Å²) in [6.07, 6.45) is 2.98. The zero-order chi connectivity index (χ0) is 20.1. The van der Waals surface area contributed by atoms with Crippen LogP contribution in [0.4, 0.5) is 0 Å². The van der Waals surface area contributed by atoms with Gasteiger partial charge in [0, 0.05) is 24.6 Å². The summed E-state index contributed by atoms with van der Waals surface area (Å²) in [7, 11) is 0. The molecule has 1 saturated heterocycles. The van der Waals surface area contributed by atoms with E-state index in [9.17, 15) is 9.59 Å². The van der Waals surface area contributed by atoms with Crippen LogP contribution >= 0.6 is 0 Å². The van der Waals surface area contributed by atoms with Crippen molar-refractivity contribution in [3.05, 3.63) is 66.5 Å². The molecule has 0 saturated carbocycles. The first-order valence-electron chi connectivity index (χ1n) is 9.55. The predicted molar refractivity (Wildman–Crippen MR) is 104 cm³/mol. The minimum atomic E-state index is -0.206. The van der Waals surface area contributed by atoms with E-state index >= 15 is 0 Å². The third-order valence-electron chi connectivity index (χ3n) is 4.95. The minimum Gasteiger partial charge on any atom is -0.457 e. The van der Waals surface area contributed by atoms with Gasteiger partial charge in [0.1, 0.15) is 24.4 Å². The van der Waals surface area contributed by atoms with E-state index in [1.165, 1.54) is 11.0 Å². The van der Waals surface area contributed by atoms with Crippen LogP contribution in [0.5, 0.6) is 11.5 Å². The molecule has 8 heteroatoms.